The van der Waals surface area contributed by atoms with Gasteiger partial charge < -0.3 is 19.4 Å². The van der Waals surface area contributed by atoms with Crippen molar-refractivity contribution < 1.29 is 19.1 Å². The van der Waals surface area contributed by atoms with Gasteiger partial charge in [-0.15, -0.1) is 0 Å². The Morgan fingerprint density at radius 2 is 1.91 bits per heavy atom. The van der Waals surface area contributed by atoms with Gasteiger partial charge in [0.2, 0.25) is 0 Å². The maximum absolute atomic E-state index is 12.7. The smallest absolute Gasteiger partial charge is 0.325 e. The third-order valence-corrected chi connectivity index (χ3v) is 5.34. The minimum Gasteiger partial charge on any atom is -0.468 e. The maximum atomic E-state index is 12.7. The second-order valence-corrected chi connectivity index (χ2v) is 6.18. The van der Waals surface area contributed by atoms with Crippen molar-refractivity contribution in [3.63, 3.8) is 0 Å². The minimum absolute atomic E-state index is 0.300. The highest BCUT2D eigenvalue weighted by Crippen LogP contribution is 2.58. The summed E-state index contributed by atoms with van der Waals surface area (Å²) in [6.45, 7) is 0.534. The molecule has 2 bridgehead atoms. The van der Waals surface area contributed by atoms with Gasteiger partial charge in [-0.3, -0.25) is 9.59 Å². The number of ether oxygens (including phenoxy) is 2. The number of nitrogens with zero attached hydrogens (tertiary/aromatic N) is 1. The van der Waals surface area contributed by atoms with E-state index in [1.807, 2.05) is 36.0 Å². The summed E-state index contributed by atoms with van der Waals surface area (Å²) < 4.78 is 12.1. The third kappa shape index (κ3) is 1.47. The Morgan fingerprint density at radius 3 is 2.57 bits per heavy atom. The fraction of sp³-hybridized carbons (Fsp3) is 0.412. The predicted octanol–water partition coefficient (Wildman–Crippen LogP) is 1.25. The van der Waals surface area contributed by atoms with Crippen molar-refractivity contribution in [2.75, 3.05) is 20.8 Å². The molecule has 2 aromatic rings. The van der Waals surface area contributed by atoms with Crippen molar-refractivity contribution in [1.29, 1.82) is 0 Å². The third-order valence-electron chi connectivity index (χ3n) is 5.34. The van der Waals surface area contributed by atoms with Gasteiger partial charge in [-0.05, 0) is 17.2 Å². The number of carbonyl (C=O) groups excluding carboxylic acids is 2. The Labute approximate surface area is 133 Å². The van der Waals surface area contributed by atoms with E-state index in [0.29, 0.717) is 6.54 Å². The SMILES string of the molecule is COC(=O)C1(C(=O)OC)C2CNC1c1cn(C)c3cccc2c13. The lowest BCUT2D eigenvalue weighted by Crippen LogP contribution is -2.49. The van der Waals surface area contributed by atoms with E-state index in [2.05, 4.69) is 5.32 Å². The summed E-state index contributed by atoms with van der Waals surface area (Å²) in [7, 11) is 4.59. The van der Waals surface area contributed by atoms with Crippen LogP contribution in [0.5, 0.6) is 0 Å². The van der Waals surface area contributed by atoms with Crippen LogP contribution in [0.2, 0.25) is 0 Å². The van der Waals surface area contributed by atoms with Crippen LogP contribution in [0.25, 0.3) is 10.9 Å². The van der Waals surface area contributed by atoms with E-state index in [1.165, 1.54) is 14.2 Å². The Kier molecular flexibility index (Phi) is 2.84. The van der Waals surface area contributed by atoms with Crippen molar-refractivity contribution in [3.8, 4) is 0 Å². The molecule has 1 saturated heterocycles. The van der Waals surface area contributed by atoms with E-state index in [1.54, 1.807) is 0 Å². The van der Waals surface area contributed by atoms with Gasteiger partial charge in [-0.25, -0.2) is 0 Å². The highest BCUT2D eigenvalue weighted by Gasteiger charge is 2.66. The van der Waals surface area contributed by atoms with Crippen LogP contribution in [0.4, 0.5) is 0 Å². The summed E-state index contributed by atoms with van der Waals surface area (Å²) in [4.78, 5) is 25.4. The average molecular weight is 314 g/mol. The molecule has 2 aliphatic rings. The van der Waals surface area contributed by atoms with Crippen LogP contribution in [0, 0.1) is 5.41 Å². The Morgan fingerprint density at radius 1 is 1.22 bits per heavy atom. The molecule has 0 radical (unpaired) electrons. The first-order valence-electron chi connectivity index (χ1n) is 7.55. The number of nitrogens with one attached hydrogen (secondary N) is 1. The molecule has 120 valence electrons. The molecule has 0 spiro atoms. The van der Waals surface area contributed by atoms with Gasteiger partial charge in [-0.1, -0.05) is 12.1 Å². The summed E-state index contributed by atoms with van der Waals surface area (Å²) in [5, 5.41) is 4.47. The van der Waals surface area contributed by atoms with Crippen LogP contribution < -0.4 is 5.32 Å². The van der Waals surface area contributed by atoms with Crippen molar-refractivity contribution in [1.82, 2.24) is 9.88 Å². The molecule has 1 N–H and O–H groups in total. The summed E-state index contributed by atoms with van der Waals surface area (Å²) >= 11 is 0. The first kappa shape index (κ1) is 14.3. The van der Waals surface area contributed by atoms with Gasteiger partial charge in [0, 0.05) is 36.6 Å². The molecule has 4 rings (SSSR count). The van der Waals surface area contributed by atoms with Crippen LogP contribution >= 0.6 is 0 Å². The zero-order valence-corrected chi connectivity index (χ0v) is 13.3. The Hall–Kier alpha value is -2.34. The number of hydrogen-bond donors (Lipinski definition) is 1. The number of methoxy groups -OCH3 is 2. The van der Waals surface area contributed by atoms with Crippen LogP contribution in [0.15, 0.2) is 24.4 Å². The lowest BCUT2D eigenvalue weighted by Gasteiger charge is -2.37. The minimum atomic E-state index is -1.37. The second-order valence-electron chi connectivity index (χ2n) is 6.18. The molecule has 1 aromatic heterocycles. The van der Waals surface area contributed by atoms with Crippen LogP contribution in [-0.4, -0.2) is 37.3 Å². The van der Waals surface area contributed by atoms with Gasteiger partial charge in [0.05, 0.1) is 20.3 Å². The standard InChI is InChI=1S/C17H18N2O4/c1-19-8-10-13-9(5-4-6-12(13)19)11-7-18-14(10)17(11,15(20)22-2)16(21)23-3/h4-6,8,11,14,18H,7H2,1-3H3. The molecule has 1 aromatic carbocycles. The molecule has 2 heterocycles. The molecule has 0 saturated carbocycles. The van der Waals surface area contributed by atoms with Gasteiger partial charge >= 0.3 is 11.9 Å². The molecule has 1 fully saturated rings. The zero-order valence-electron chi connectivity index (χ0n) is 13.3. The first-order chi connectivity index (χ1) is 11.1. The fourth-order valence-corrected chi connectivity index (χ4v) is 4.43. The van der Waals surface area contributed by atoms with E-state index in [-0.39, 0.29) is 5.92 Å². The highest BCUT2D eigenvalue weighted by atomic mass is 16.5. The summed E-state index contributed by atoms with van der Waals surface area (Å²) in [6, 6.07) is 5.55. The number of benzene rings is 1. The van der Waals surface area contributed by atoms with Crippen molar-refractivity contribution >= 4 is 22.8 Å². The van der Waals surface area contributed by atoms with Crippen molar-refractivity contribution in [3.05, 3.63) is 35.5 Å². The summed E-state index contributed by atoms with van der Waals surface area (Å²) in [5.74, 6) is -1.39. The van der Waals surface area contributed by atoms with Gasteiger partial charge in [0.1, 0.15) is 0 Å². The predicted molar refractivity (Wildman–Crippen MR) is 82.9 cm³/mol. The normalized spacial score (nSPS) is 23.8. The number of esters is 2. The number of aryl methyl sites for hydroxylation is 1. The molecule has 2 unspecified atom stereocenters. The van der Waals surface area contributed by atoms with E-state index in [9.17, 15) is 9.59 Å². The van der Waals surface area contributed by atoms with E-state index in [0.717, 1.165) is 22.0 Å². The molecule has 2 atom stereocenters. The highest BCUT2D eigenvalue weighted by molar-refractivity contribution is 6.06. The number of carbonyl (C=O) groups is 2. The van der Waals surface area contributed by atoms with Gasteiger partial charge in [0.15, 0.2) is 5.41 Å². The quantitative estimate of drug-likeness (QED) is 0.667. The Bertz CT molecular complexity index is 822. The molecular weight excluding hydrogens is 296 g/mol. The monoisotopic (exact) mass is 314 g/mol. The first-order valence-corrected chi connectivity index (χ1v) is 7.55. The second kappa shape index (κ2) is 4.58. The number of hydrogen-bond acceptors (Lipinski definition) is 5. The fourth-order valence-electron chi connectivity index (χ4n) is 4.43. The number of fused-ring (bicyclic) bond motifs is 4. The van der Waals surface area contributed by atoms with Crippen LogP contribution in [0.1, 0.15) is 23.1 Å². The van der Waals surface area contributed by atoms with Crippen molar-refractivity contribution in [2.45, 2.75) is 12.0 Å². The number of rotatable bonds is 2. The lowest BCUT2D eigenvalue weighted by atomic mass is 9.64. The largest absolute Gasteiger partial charge is 0.468 e. The van der Waals surface area contributed by atoms with Crippen LogP contribution in [0.3, 0.4) is 0 Å². The van der Waals surface area contributed by atoms with E-state index in [4.69, 9.17) is 9.47 Å². The molecule has 1 aliphatic carbocycles. The maximum Gasteiger partial charge on any atom is 0.325 e. The summed E-state index contributed by atoms with van der Waals surface area (Å²) in [6.07, 6.45) is 1.98. The Balaban J connectivity index is 2.07. The summed E-state index contributed by atoms with van der Waals surface area (Å²) in [5.41, 5.74) is 1.67. The lowest BCUT2D eigenvalue weighted by molar-refractivity contribution is -0.171. The zero-order chi connectivity index (χ0) is 16.4. The van der Waals surface area contributed by atoms with E-state index >= 15 is 0 Å². The van der Waals surface area contributed by atoms with Crippen molar-refractivity contribution in [2.24, 2.45) is 12.5 Å². The topological polar surface area (TPSA) is 69.6 Å². The molecular formula is C17H18N2O4. The van der Waals surface area contributed by atoms with Crippen LogP contribution in [-0.2, 0) is 26.1 Å². The van der Waals surface area contributed by atoms with Gasteiger partial charge in [0.25, 0.3) is 0 Å². The molecule has 6 nitrogen and oxygen atoms in total. The molecule has 6 heteroatoms. The van der Waals surface area contributed by atoms with E-state index < -0.39 is 23.4 Å². The van der Waals surface area contributed by atoms with Gasteiger partial charge in [-0.2, -0.15) is 0 Å². The molecule has 0 amide bonds. The number of aromatic nitrogens is 1. The molecule has 23 heavy (non-hydrogen) atoms. The average Bonchev–Trinajstić information content (AvgIpc) is 3.07. The molecule has 1 aliphatic heterocycles.